The van der Waals surface area contributed by atoms with Crippen molar-refractivity contribution >= 4 is 23.5 Å². The number of ether oxygens (including phenoxy) is 1. The lowest BCUT2D eigenvalue weighted by atomic mass is 10.2. The van der Waals surface area contributed by atoms with Gasteiger partial charge in [0.15, 0.2) is 11.5 Å². The van der Waals surface area contributed by atoms with E-state index in [9.17, 15) is 0 Å². The maximum Gasteiger partial charge on any atom is 0.160 e. The first-order valence-corrected chi connectivity index (χ1v) is 10.1. The number of morpholine rings is 1. The summed E-state index contributed by atoms with van der Waals surface area (Å²) < 4.78 is 7.37. The fourth-order valence-corrected chi connectivity index (χ4v) is 3.53. The number of nitrogens with one attached hydrogen (secondary N) is 1. The second-order valence-electron chi connectivity index (χ2n) is 7.31. The quantitative estimate of drug-likeness (QED) is 0.396. The van der Waals surface area contributed by atoms with E-state index in [-0.39, 0.29) is 0 Å². The first-order chi connectivity index (χ1) is 15.3. The number of fused-ring (bicyclic) bond motifs is 1. The highest BCUT2D eigenvalue weighted by atomic mass is 16.5. The van der Waals surface area contributed by atoms with Crippen molar-refractivity contribution in [1.29, 1.82) is 0 Å². The van der Waals surface area contributed by atoms with Crippen LogP contribution in [0.3, 0.4) is 0 Å². The monoisotopic (exact) mass is 414 g/mol. The minimum absolute atomic E-state index is 0.647. The van der Waals surface area contributed by atoms with Gasteiger partial charge in [0, 0.05) is 43.2 Å². The first kappa shape index (κ1) is 19.1. The number of aromatic nitrogens is 5. The highest BCUT2D eigenvalue weighted by molar-refractivity contribution is 5.80. The molecule has 0 radical (unpaired) electrons. The summed E-state index contributed by atoms with van der Waals surface area (Å²) in [5.41, 5.74) is 7.61. The standard InChI is InChI=1S/C22H22N8O/c1-16-3-2-4-17(9-16)12-25-27-20-11-22(29-5-7-31-8-6-29)30-21(26-20)10-19(28-30)18-13-23-15-24-14-18/h2-4,9-15H,5-8H2,1H3,(H,26,27)/b25-12+. The van der Waals surface area contributed by atoms with Gasteiger partial charge in [0.1, 0.15) is 12.1 Å². The number of aryl methyl sites for hydroxylation is 1. The van der Waals surface area contributed by atoms with Gasteiger partial charge in [-0.2, -0.15) is 14.7 Å². The molecule has 0 saturated carbocycles. The topological polar surface area (TPSA) is 92.8 Å². The summed E-state index contributed by atoms with van der Waals surface area (Å²) in [5.74, 6) is 1.58. The number of hydrogen-bond acceptors (Lipinski definition) is 8. The Hall–Kier alpha value is -3.85. The van der Waals surface area contributed by atoms with Crippen LogP contribution in [0.5, 0.6) is 0 Å². The maximum atomic E-state index is 5.52. The molecule has 3 aromatic heterocycles. The van der Waals surface area contributed by atoms with Gasteiger partial charge in [-0.3, -0.25) is 5.43 Å². The normalized spacial score (nSPS) is 14.4. The van der Waals surface area contributed by atoms with Crippen LogP contribution in [0.2, 0.25) is 0 Å². The van der Waals surface area contributed by atoms with Crippen molar-refractivity contribution < 1.29 is 4.74 Å². The molecule has 1 N–H and O–H groups in total. The fraction of sp³-hybridized carbons (Fsp3) is 0.227. The van der Waals surface area contributed by atoms with E-state index in [1.165, 1.54) is 11.9 Å². The zero-order valence-corrected chi connectivity index (χ0v) is 17.1. The van der Waals surface area contributed by atoms with Crippen molar-refractivity contribution in [2.45, 2.75) is 6.92 Å². The Kier molecular flexibility index (Phi) is 5.24. The summed E-state index contributed by atoms with van der Waals surface area (Å²) in [6.07, 6.45) is 6.78. The number of hydrazone groups is 1. The minimum atomic E-state index is 0.647. The molecule has 1 fully saturated rings. The summed E-state index contributed by atoms with van der Waals surface area (Å²) in [6.45, 7) is 4.99. The molecule has 31 heavy (non-hydrogen) atoms. The van der Waals surface area contributed by atoms with Crippen LogP contribution in [0.4, 0.5) is 11.6 Å². The van der Waals surface area contributed by atoms with Crippen LogP contribution in [0.25, 0.3) is 16.9 Å². The van der Waals surface area contributed by atoms with Gasteiger partial charge in [0.2, 0.25) is 0 Å². The lowest BCUT2D eigenvalue weighted by molar-refractivity contribution is 0.122. The molecule has 0 spiro atoms. The van der Waals surface area contributed by atoms with Crippen LogP contribution in [0.1, 0.15) is 11.1 Å². The molecule has 9 nitrogen and oxygen atoms in total. The lowest BCUT2D eigenvalue weighted by Gasteiger charge is -2.29. The molecule has 1 aliphatic rings. The van der Waals surface area contributed by atoms with E-state index in [1.54, 1.807) is 18.6 Å². The third-order valence-electron chi connectivity index (χ3n) is 5.03. The molecule has 1 aromatic carbocycles. The van der Waals surface area contributed by atoms with E-state index in [0.717, 1.165) is 41.4 Å². The van der Waals surface area contributed by atoms with Gasteiger partial charge in [-0.15, -0.1) is 0 Å². The summed E-state index contributed by atoms with van der Waals surface area (Å²) in [6, 6.07) is 12.1. The summed E-state index contributed by atoms with van der Waals surface area (Å²) >= 11 is 0. The number of rotatable bonds is 5. The largest absolute Gasteiger partial charge is 0.378 e. The van der Waals surface area contributed by atoms with E-state index in [1.807, 2.05) is 28.8 Å². The average Bonchev–Trinajstić information content (AvgIpc) is 3.24. The molecular weight excluding hydrogens is 392 g/mol. The fourth-order valence-electron chi connectivity index (χ4n) is 3.53. The second-order valence-corrected chi connectivity index (χ2v) is 7.31. The molecule has 0 bridgehead atoms. The van der Waals surface area contributed by atoms with Crippen LogP contribution >= 0.6 is 0 Å². The predicted molar refractivity (Wildman–Crippen MR) is 119 cm³/mol. The molecule has 4 aromatic rings. The van der Waals surface area contributed by atoms with E-state index in [0.29, 0.717) is 19.0 Å². The molecule has 9 heteroatoms. The summed E-state index contributed by atoms with van der Waals surface area (Å²) in [4.78, 5) is 15.1. The Morgan fingerprint density at radius 2 is 1.94 bits per heavy atom. The van der Waals surface area contributed by atoms with Gasteiger partial charge in [-0.05, 0) is 12.5 Å². The van der Waals surface area contributed by atoms with Crippen molar-refractivity contribution in [3.8, 4) is 11.3 Å². The molecule has 5 rings (SSSR count). The molecule has 0 unspecified atom stereocenters. The number of anilines is 2. The molecule has 156 valence electrons. The third-order valence-corrected chi connectivity index (χ3v) is 5.03. The zero-order valence-electron chi connectivity index (χ0n) is 17.1. The van der Waals surface area contributed by atoms with Crippen molar-refractivity contribution in [2.75, 3.05) is 36.6 Å². The van der Waals surface area contributed by atoms with Crippen molar-refractivity contribution in [1.82, 2.24) is 24.6 Å². The Labute approximate surface area is 179 Å². The van der Waals surface area contributed by atoms with E-state index in [2.05, 4.69) is 44.5 Å². The van der Waals surface area contributed by atoms with Crippen LogP contribution < -0.4 is 10.3 Å². The average molecular weight is 414 g/mol. The van der Waals surface area contributed by atoms with E-state index < -0.39 is 0 Å². The Morgan fingerprint density at radius 3 is 2.74 bits per heavy atom. The van der Waals surface area contributed by atoms with Gasteiger partial charge in [0.25, 0.3) is 0 Å². The lowest BCUT2D eigenvalue weighted by Crippen LogP contribution is -2.37. The van der Waals surface area contributed by atoms with E-state index in [4.69, 9.17) is 14.8 Å². The van der Waals surface area contributed by atoms with Crippen LogP contribution in [0.15, 0.2) is 60.2 Å². The smallest absolute Gasteiger partial charge is 0.160 e. The van der Waals surface area contributed by atoms with Gasteiger partial charge in [-0.25, -0.2) is 15.0 Å². The molecule has 0 aliphatic carbocycles. The highest BCUT2D eigenvalue weighted by Gasteiger charge is 2.18. The maximum absolute atomic E-state index is 5.52. The number of benzene rings is 1. The van der Waals surface area contributed by atoms with Crippen molar-refractivity contribution in [2.24, 2.45) is 5.10 Å². The van der Waals surface area contributed by atoms with Gasteiger partial charge >= 0.3 is 0 Å². The molecule has 1 saturated heterocycles. The first-order valence-electron chi connectivity index (χ1n) is 10.1. The van der Waals surface area contributed by atoms with Crippen molar-refractivity contribution in [3.05, 3.63) is 66.2 Å². The van der Waals surface area contributed by atoms with Crippen LogP contribution in [0, 0.1) is 6.92 Å². The van der Waals surface area contributed by atoms with Crippen molar-refractivity contribution in [3.63, 3.8) is 0 Å². The summed E-state index contributed by atoms with van der Waals surface area (Å²) in [7, 11) is 0. The molecule has 4 heterocycles. The van der Waals surface area contributed by atoms with E-state index >= 15 is 0 Å². The van der Waals surface area contributed by atoms with Crippen LogP contribution in [-0.4, -0.2) is 57.1 Å². The minimum Gasteiger partial charge on any atom is -0.378 e. The van der Waals surface area contributed by atoms with Gasteiger partial charge in [0.05, 0.1) is 25.1 Å². The number of hydrogen-bond donors (Lipinski definition) is 1. The Morgan fingerprint density at radius 1 is 1.10 bits per heavy atom. The summed E-state index contributed by atoms with van der Waals surface area (Å²) in [5, 5.41) is 9.14. The molecule has 1 aliphatic heterocycles. The number of nitrogens with zero attached hydrogens (tertiary/aromatic N) is 7. The Bertz CT molecular complexity index is 1210. The predicted octanol–water partition coefficient (Wildman–Crippen LogP) is 2.78. The molecule has 0 atom stereocenters. The Balaban J connectivity index is 1.50. The SMILES string of the molecule is Cc1cccc(/C=N/Nc2cc(N3CCOCC3)n3nc(-c4cncnc4)cc3n2)c1. The van der Waals surface area contributed by atoms with Crippen LogP contribution in [-0.2, 0) is 4.74 Å². The molecule has 0 amide bonds. The van der Waals surface area contributed by atoms with Gasteiger partial charge < -0.3 is 9.64 Å². The van der Waals surface area contributed by atoms with Gasteiger partial charge in [-0.1, -0.05) is 29.8 Å². The molecular formula is C22H22N8O. The highest BCUT2D eigenvalue weighted by Crippen LogP contribution is 2.25. The second kappa shape index (κ2) is 8.49. The third kappa shape index (κ3) is 4.22. The zero-order chi connectivity index (χ0) is 21.0.